The van der Waals surface area contributed by atoms with Crippen molar-refractivity contribution >= 4 is 40.2 Å². The number of hydrogen-bond donors (Lipinski definition) is 3. The lowest BCUT2D eigenvalue weighted by atomic mass is 9.92. The fourth-order valence-corrected chi connectivity index (χ4v) is 4.54. The zero-order chi connectivity index (χ0) is 21.4. The number of aromatic nitrogens is 4. The minimum atomic E-state index is 0.288. The number of hydrogen-bond acceptors (Lipinski definition) is 7. The highest BCUT2D eigenvalue weighted by Crippen LogP contribution is 2.35. The zero-order valence-electron chi connectivity index (χ0n) is 17.2. The lowest BCUT2D eigenvalue weighted by Gasteiger charge is -2.28. The van der Waals surface area contributed by atoms with Crippen molar-refractivity contribution in [1.82, 2.24) is 19.5 Å². The van der Waals surface area contributed by atoms with Gasteiger partial charge in [0.25, 0.3) is 0 Å². The molecule has 2 fully saturated rings. The average molecular weight is 437 g/mol. The number of imidazole rings is 1. The van der Waals surface area contributed by atoms with Crippen LogP contribution < -0.4 is 16.4 Å². The van der Waals surface area contributed by atoms with Crippen molar-refractivity contribution < 1.29 is 0 Å². The molecule has 0 spiro atoms. The van der Waals surface area contributed by atoms with E-state index < -0.39 is 0 Å². The van der Waals surface area contributed by atoms with E-state index >= 15 is 0 Å². The monoisotopic (exact) mass is 436 g/mol. The van der Waals surface area contributed by atoms with Crippen molar-refractivity contribution in [3.8, 4) is 6.07 Å². The molecule has 4 N–H and O–H groups in total. The third-order valence-electron chi connectivity index (χ3n) is 6.28. The van der Waals surface area contributed by atoms with Gasteiger partial charge in [-0.25, -0.2) is 4.98 Å². The average Bonchev–Trinajstić information content (AvgIpc) is 3.12. The van der Waals surface area contributed by atoms with Crippen molar-refractivity contribution in [3.63, 3.8) is 0 Å². The Bertz CT molecular complexity index is 1140. The predicted octanol–water partition coefficient (Wildman–Crippen LogP) is 4.50. The second kappa shape index (κ2) is 8.33. The Morgan fingerprint density at radius 3 is 2.61 bits per heavy atom. The summed E-state index contributed by atoms with van der Waals surface area (Å²) in [6, 6.07) is 8.32. The van der Waals surface area contributed by atoms with E-state index in [0.29, 0.717) is 45.6 Å². The molecule has 2 saturated carbocycles. The highest BCUT2D eigenvalue weighted by Gasteiger charge is 2.25. The first-order valence-electron chi connectivity index (χ1n) is 10.8. The van der Waals surface area contributed by atoms with Gasteiger partial charge in [0.2, 0.25) is 5.95 Å². The molecule has 5 rings (SSSR count). The maximum atomic E-state index is 9.27. The molecule has 2 aliphatic carbocycles. The number of nitriles is 1. The number of nitrogens with one attached hydrogen (secondary N) is 2. The molecular formula is C22H25ClN8. The normalized spacial score (nSPS) is 21.5. The highest BCUT2D eigenvalue weighted by atomic mass is 35.5. The molecule has 0 atom stereocenters. The Morgan fingerprint density at radius 1 is 1.10 bits per heavy atom. The lowest BCUT2D eigenvalue weighted by Crippen LogP contribution is -2.33. The van der Waals surface area contributed by atoms with Crippen LogP contribution in [0.2, 0.25) is 5.02 Å². The molecule has 3 aromatic rings. The Kier molecular flexibility index (Phi) is 5.38. The second-order valence-electron chi connectivity index (χ2n) is 8.53. The molecule has 31 heavy (non-hydrogen) atoms. The van der Waals surface area contributed by atoms with Crippen molar-refractivity contribution in [1.29, 1.82) is 5.26 Å². The van der Waals surface area contributed by atoms with Crippen LogP contribution in [0, 0.1) is 11.3 Å². The summed E-state index contributed by atoms with van der Waals surface area (Å²) in [6.07, 6.45) is 9.39. The third-order valence-corrected chi connectivity index (χ3v) is 6.50. The van der Waals surface area contributed by atoms with Crippen LogP contribution >= 0.6 is 11.6 Å². The molecule has 0 amide bonds. The Balaban J connectivity index is 1.52. The summed E-state index contributed by atoms with van der Waals surface area (Å²) in [6.45, 7) is 0. The summed E-state index contributed by atoms with van der Waals surface area (Å²) < 4.78 is 2.16. The van der Waals surface area contributed by atoms with Crippen LogP contribution in [-0.4, -0.2) is 31.6 Å². The van der Waals surface area contributed by atoms with Crippen LogP contribution in [0.25, 0.3) is 11.2 Å². The minimum absolute atomic E-state index is 0.288. The number of halogens is 1. The summed E-state index contributed by atoms with van der Waals surface area (Å²) in [7, 11) is 0. The number of fused-ring (bicyclic) bond motifs is 1. The van der Waals surface area contributed by atoms with Gasteiger partial charge in [-0.1, -0.05) is 11.6 Å². The molecule has 2 aliphatic rings. The van der Waals surface area contributed by atoms with Crippen LogP contribution in [0.15, 0.2) is 24.5 Å². The molecule has 0 saturated heterocycles. The smallest absolute Gasteiger partial charge is 0.227 e. The molecule has 1 aromatic carbocycles. The summed E-state index contributed by atoms with van der Waals surface area (Å²) in [5.41, 5.74) is 8.76. The molecule has 2 heterocycles. The van der Waals surface area contributed by atoms with Crippen molar-refractivity contribution in [3.05, 3.63) is 35.1 Å². The summed E-state index contributed by atoms with van der Waals surface area (Å²) >= 11 is 6.19. The predicted molar refractivity (Wildman–Crippen MR) is 122 cm³/mol. The first-order valence-corrected chi connectivity index (χ1v) is 11.2. The van der Waals surface area contributed by atoms with Crippen molar-refractivity contribution in [2.24, 2.45) is 5.73 Å². The molecule has 160 valence electrons. The molecule has 8 nitrogen and oxygen atoms in total. The van der Waals surface area contributed by atoms with Gasteiger partial charge in [-0.2, -0.15) is 15.2 Å². The molecule has 0 radical (unpaired) electrons. The van der Waals surface area contributed by atoms with Crippen molar-refractivity contribution in [2.75, 3.05) is 10.6 Å². The SMILES string of the molecule is N#Cc1cc(Cl)cc(Nc2nc(NC3CCC(N)CC3)nc3c2ncn3C2CCC2)c1. The molecule has 0 bridgehead atoms. The van der Waals surface area contributed by atoms with Crippen LogP contribution in [0.3, 0.4) is 0 Å². The van der Waals surface area contributed by atoms with E-state index in [2.05, 4.69) is 26.3 Å². The Labute approximate surface area is 185 Å². The number of anilines is 3. The maximum absolute atomic E-state index is 9.27. The zero-order valence-corrected chi connectivity index (χ0v) is 17.9. The number of benzene rings is 1. The van der Waals surface area contributed by atoms with Gasteiger partial charge in [-0.15, -0.1) is 0 Å². The molecular weight excluding hydrogens is 412 g/mol. The number of nitrogens with zero attached hydrogens (tertiary/aromatic N) is 5. The topological polar surface area (TPSA) is 117 Å². The van der Waals surface area contributed by atoms with E-state index in [1.54, 1.807) is 18.2 Å². The summed E-state index contributed by atoms with van der Waals surface area (Å²) in [4.78, 5) is 14.2. The van der Waals surface area contributed by atoms with E-state index in [1.807, 2.05) is 6.33 Å². The number of nitrogens with two attached hydrogens (primary N) is 1. The van der Waals surface area contributed by atoms with Gasteiger partial charge in [-0.05, 0) is 63.1 Å². The van der Waals surface area contributed by atoms with E-state index in [1.165, 1.54) is 6.42 Å². The van der Waals surface area contributed by atoms with E-state index in [-0.39, 0.29) is 6.04 Å². The molecule has 9 heteroatoms. The fraction of sp³-hybridized carbons (Fsp3) is 0.455. The van der Waals surface area contributed by atoms with E-state index in [4.69, 9.17) is 27.3 Å². The Hall–Kier alpha value is -2.89. The fourth-order valence-electron chi connectivity index (χ4n) is 4.31. The van der Waals surface area contributed by atoms with Gasteiger partial charge in [0.15, 0.2) is 17.0 Å². The molecule has 0 unspecified atom stereocenters. The molecule has 0 aliphatic heterocycles. The Morgan fingerprint density at radius 2 is 1.90 bits per heavy atom. The van der Waals surface area contributed by atoms with E-state index in [0.717, 1.165) is 44.2 Å². The third kappa shape index (κ3) is 4.16. The van der Waals surface area contributed by atoms with Crippen LogP contribution in [0.4, 0.5) is 17.5 Å². The van der Waals surface area contributed by atoms with Crippen LogP contribution in [0.5, 0.6) is 0 Å². The first-order chi connectivity index (χ1) is 15.1. The van der Waals surface area contributed by atoms with Crippen LogP contribution in [0.1, 0.15) is 56.6 Å². The second-order valence-corrected chi connectivity index (χ2v) is 8.96. The highest BCUT2D eigenvalue weighted by molar-refractivity contribution is 6.31. The molecule has 2 aromatic heterocycles. The number of rotatable bonds is 5. The largest absolute Gasteiger partial charge is 0.351 e. The van der Waals surface area contributed by atoms with Gasteiger partial charge >= 0.3 is 0 Å². The van der Waals surface area contributed by atoms with Crippen LogP contribution in [-0.2, 0) is 0 Å². The minimum Gasteiger partial charge on any atom is -0.351 e. The van der Waals surface area contributed by atoms with Gasteiger partial charge in [0.05, 0.1) is 18.0 Å². The lowest BCUT2D eigenvalue weighted by molar-refractivity contribution is 0.319. The van der Waals surface area contributed by atoms with Gasteiger partial charge < -0.3 is 20.9 Å². The maximum Gasteiger partial charge on any atom is 0.227 e. The quantitative estimate of drug-likeness (QED) is 0.538. The van der Waals surface area contributed by atoms with Crippen molar-refractivity contribution in [2.45, 2.75) is 63.1 Å². The standard InChI is InChI=1S/C22H25ClN8/c23-14-8-13(11-24)9-17(10-14)27-20-19-21(31(12-26-19)18-2-1-3-18)30-22(29-20)28-16-6-4-15(25)5-7-16/h8-10,12,15-16,18H,1-7,25H2,(H2,27,28,29,30). The van der Waals surface area contributed by atoms with Gasteiger partial charge in [0.1, 0.15) is 0 Å². The van der Waals surface area contributed by atoms with Gasteiger partial charge in [-0.3, -0.25) is 0 Å². The van der Waals surface area contributed by atoms with Gasteiger partial charge in [0, 0.05) is 28.8 Å². The first kappa shape index (κ1) is 20.0. The van der Waals surface area contributed by atoms with E-state index in [9.17, 15) is 5.26 Å². The summed E-state index contributed by atoms with van der Waals surface area (Å²) in [5.74, 6) is 1.18. The summed E-state index contributed by atoms with van der Waals surface area (Å²) in [5, 5.41) is 16.6.